The van der Waals surface area contributed by atoms with Crippen LogP contribution in [0.2, 0.25) is 0 Å². The molecule has 0 aromatic heterocycles. The fourth-order valence-electron chi connectivity index (χ4n) is 3.81. The Bertz CT molecular complexity index is 746. The smallest absolute Gasteiger partial charge is 0.416 e. The first-order chi connectivity index (χ1) is 14.0. The van der Waals surface area contributed by atoms with Crippen LogP contribution >= 0.6 is 0 Å². The summed E-state index contributed by atoms with van der Waals surface area (Å²) in [6, 6.07) is 5.19. The number of benzene rings is 1. The van der Waals surface area contributed by atoms with Gasteiger partial charge in [-0.15, -0.1) is 0 Å². The van der Waals surface area contributed by atoms with Gasteiger partial charge < -0.3 is 20.3 Å². The fourth-order valence-corrected chi connectivity index (χ4v) is 3.81. The summed E-state index contributed by atoms with van der Waals surface area (Å²) in [4.78, 5) is 6.73. The summed E-state index contributed by atoms with van der Waals surface area (Å²) < 4.78 is 46.4. The molecule has 0 spiro atoms. The van der Waals surface area contributed by atoms with Crippen molar-refractivity contribution >= 4 is 5.96 Å². The van der Waals surface area contributed by atoms with Gasteiger partial charge >= 0.3 is 6.18 Å². The summed E-state index contributed by atoms with van der Waals surface area (Å²) >= 11 is 0. The van der Waals surface area contributed by atoms with E-state index in [0.717, 1.165) is 38.0 Å². The van der Waals surface area contributed by atoms with Gasteiger partial charge in [-0.05, 0) is 64.2 Å². The Balaban J connectivity index is 1.60. The summed E-state index contributed by atoms with van der Waals surface area (Å²) in [5, 5.41) is 6.41. The monoisotopic (exact) mass is 426 g/mol. The number of guanidine groups is 1. The molecule has 1 saturated carbocycles. The van der Waals surface area contributed by atoms with Crippen molar-refractivity contribution in [3.8, 4) is 5.75 Å². The van der Waals surface area contributed by atoms with Crippen molar-refractivity contribution in [2.24, 2.45) is 4.99 Å². The largest absolute Gasteiger partial charge is 0.488 e. The van der Waals surface area contributed by atoms with Gasteiger partial charge in [-0.2, -0.15) is 13.2 Å². The molecule has 30 heavy (non-hydrogen) atoms. The lowest BCUT2D eigenvalue weighted by Gasteiger charge is -2.33. The van der Waals surface area contributed by atoms with Crippen molar-refractivity contribution in [2.45, 2.75) is 76.9 Å². The second-order valence-electron chi connectivity index (χ2n) is 9.14. The molecule has 168 valence electrons. The van der Waals surface area contributed by atoms with E-state index in [1.54, 1.807) is 33.9 Å². The van der Waals surface area contributed by atoms with Crippen LogP contribution in [0.5, 0.6) is 5.75 Å². The maximum Gasteiger partial charge on any atom is 0.416 e. The van der Waals surface area contributed by atoms with Gasteiger partial charge in [0.15, 0.2) is 5.96 Å². The lowest BCUT2D eigenvalue weighted by atomic mass is 10.0. The Morgan fingerprint density at radius 1 is 1.13 bits per heavy atom. The minimum Gasteiger partial charge on any atom is -0.488 e. The van der Waals surface area contributed by atoms with E-state index in [1.165, 1.54) is 18.9 Å². The van der Waals surface area contributed by atoms with E-state index < -0.39 is 17.3 Å². The molecule has 1 heterocycles. The summed E-state index contributed by atoms with van der Waals surface area (Å²) in [5.41, 5.74) is -1.09. The summed E-state index contributed by atoms with van der Waals surface area (Å²) in [5.74, 6) is 0.742. The molecule has 0 atom stereocenters. The minimum atomic E-state index is -4.46. The average Bonchev–Trinajstić information content (AvgIpc) is 3.49. The van der Waals surface area contributed by atoms with Crippen LogP contribution in [0.3, 0.4) is 0 Å². The third-order valence-electron chi connectivity index (χ3n) is 5.41. The minimum absolute atomic E-state index is 0.0330. The van der Waals surface area contributed by atoms with Crippen molar-refractivity contribution in [1.82, 2.24) is 15.5 Å². The highest BCUT2D eigenvalue weighted by atomic mass is 19.4. The predicted molar refractivity (Wildman–Crippen MR) is 113 cm³/mol. The second kappa shape index (κ2) is 9.04. The van der Waals surface area contributed by atoms with Crippen LogP contribution in [0.15, 0.2) is 23.2 Å². The van der Waals surface area contributed by atoms with E-state index in [2.05, 4.69) is 20.5 Å². The lowest BCUT2D eigenvalue weighted by Crippen LogP contribution is -2.48. The molecule has 3 rings (SSSR count). The number of nitrogens with one attached hydrogen (secondary N) is 2. The molecular weight excluding hydrogens is 393 g/mol. The zero-order valence-electron chi connectivity index (χ0n) is 18.3. The predicted octanol–water partition coefficient (Wildman–Crippen LogP) is 4.17. The molecule has 1 aliphatic carbocycles. The van der Waals surface area contributed by atoms with E-state index in [0.29, 0.717) is 5.96 Å². The number of halogens is 3. The highest BCUT2D eigenvalue weighted by Gasteiger charge is 2.34. The molecule has 1 aliphatic heterocycles. The third kappa shape index (κ3) is 6.52. The number of hydrogen-bond acceptors (Lipinski definition) is 3. The topological polar surface area (TPSA) is 48.9 Å². The van der Waals surface area contributed by atoms with Crippen molar-refractivity contribution in [3.05, 3.63) is 29.3 Å². The van der Waals surface area contributed by atoms with E-state index in [4.69, 9.17) is 4.74 Å². The highest BCUT2D eigenvalue weighted by molar-refractivity contribution is 5.80. The van der Waals surface area contributed by atoms with E-state index in [1.807, 2.05) is 0 Å². The normalized spacial score (nSPS) is 19.6. The third-order valence-corrected chi connectivity index (χ3v) is 5.41. The van der Waals surface area contributed by atoms with Gasteiger partial charge in [0.05, 0.1) is 5.56 Å². The summed E-state index contributed by atoms with van der Waals surface area (Å²) in [7, 11) is 1.64. The van der Waals surface area contributed by atoms with Crippen LogP contribution in [0.25, 0.3) is 0 Å². The van der Waals surface area contributed by atoms with E-state index >= 15 is 0 Å². The molecule has 2 N–H and O–H groups in total. The van der Waals surface area contributed by atoms with Crippen LogP contribution < -0.4 is 15.4 Å². The summed E-state index contributed by atoms with van der Waals surface area (Å²) in [6.45, 7) is 7.58. The Morgan fingerprint density at radius 2 is 1.80 bits per heavy atom. The average molecular weight is 427 g/mol. The van der Waals surface area contributed by atoms with Gasteiger partial charge in [-0.3, -0.25) is 4.99 Å². The van der Waals surface area contributed by atoms with Crippen molar-refractivity contribution in [3.63, 3.8) is 0 Å². The number of piperidine rings is 1. The van der Waals surface area contributed by atoms with Crippen molar-refractivity contribution in [1.29, 1.82) is 0 Å². The van der Waals surface area contributed by atoms with Crippen LogP contribution in [0, 0.1) is 0 Å². The quantitative estimate of drug-likeness (QED) is 0.548. The Kier molecular flexibility index (Phi) is 6.84. The summed E-state index contributed by atoms with van der Waals surface area (Å²) in [6.07, 6.45) is 0.194. The molecule has 0 amide bonds. The fraction of sp³-hybridized carbons (Fsp3) is 0.682. The SMILES string of the molecule is CN=C(NCc1ccc(OC(C)(C)C)cc1C(F)(F)F)NC1CCN(C2CC2)CC1. The molecule has 2 fully saturated rings. The van der Waals surface area contributed by atoms with Gasteiger partial charge in [0.1, 0.15) is 11.4 Å². The van der Waals surface area contributed by atoms with Gasteiger partial charge in [0, 0.05) is 38.8 Å². The van der Waals surface area contributed by atoms with Crippen molar-refractivity contribution < 1.29 is 17.9 Å². The van der Waals surface area contributed by atoms with Crippen molar-refractivity contribution in [2.75, 3.05) is 20.1 Å². The molecule has 0 radical (unpaired) electrons. The molecule has 0 unspecified atom stereocenters. The van der Waals surface area contributed by atoms with E-state index in [9.17, 15) is 13.2 Å². The molecule has 5 nitrogen and oxygen atoms in total. The molecule has 1 saturated heterocycles. The molecule has 1 aromatic carbocycles. The highest BCUT2D eigenvalue weighted by Crippen LogP contribution is 2.35. The molecular formula is C22H33F3N4O. The van der Waals surface area contributed by atoms with Crippen LogP contribution in [0.4, 0.5) is 13.2 Å². The second-order valence-corrected chi connectivity index (χ2v) is 9.14. The van der Waals surface area contributed by atoms with Gasteiger partial charge in [0.2, 0.25) is 0 Å². The van der Waals surface area contributed by atoms with E-state index in [-0.39, 0.29) is 23.9 Å². The molecule has 0 bridgehead atoms. The Morgan fingerprint density at radius 3 is 2.33 bits per heavy atom. The number of alkyl halides is 3. The van der Waals surface area contributed by atoms with Crippen LogP contribution in [-0.2, 0) is 12.7 Å². The van der Waals surface area contributed by atoms with Gasteiger partial charge in [-0.1, -0.05) is 6.07 Å². The zero-order chi connectivity index (χ0) is 21.9. The number of hydrogen-bond donors (Lipinski definition) is 2. The number of nitrogens with zero attached hydrogens (tertiary/aromatic N) is 2. The maximum atomic E-state index is 13.6. The molecule has 8 heteroatoms. The Labute approximate surface area is 177 Å². The van der Waals surface area contributed by atoms with Crippen LogP contribution in [0.1, 0.15) is 57.6 Å². The number of rotatable bonds is 5. The maximum absolute atomic E-state index is 13.6. The number of aliphatic imine (C=N–C) groups is 1. The number of likely N-dealkylation sites (tertiary alicyclic amines) is 1. The van der Waals surface area contributed by atoms with Crippen LogP contribution in [-0.4, -0.2) is 48.7 Å². The van der Waals surface area contributed by atoms with Gasteiger partial charge in [0.25, 0.3) is 0 Å². The first kappa shape index (κ1) is 22.7. The zero-order valence-corrected chi connectivity index (χ0v) is 18.3. The first-order valence-corrected chi connectivity index (χ1v) is 10.7. The lowest BCUT2D eigenvalue weighted by molar-refractivity contribution is -0.138. The first-order valence-electron chi connectivity index (χ1n) is 10.7. The Hall–Kier alpha value is -1.96. The number of ether oxygens (including phenoxy) is 1. The van der Waals surface area contributed by atoms with Gasteiger partial charge in [-0.25, -0.2) is 0 Å². The molecule has 2 aliphatic rings. The molecule has 1 aromatic rings. The standard InChI is InChI=1S/C22H33F3N4O/c1-21(2,3)30-18-8-5-15(19(13-18)22(23,24)25)14-27-20(26-4)28-16-9-11-29(12-10-16)17-6-7-17/h5,8,13,16-17H,6-7,9-12,14H2,1-4H3,(H2,26,27,28).